The molecule has 2 N–H and O–H groups in total. The van der Waals surface area contributed by atoms with Crippen LogP contribution in [-0.2, 0) is 0 Å². The van der Waals surface area contributed by atoms with E-state index in [0.29, 0.717) is 10.8 Å². The second kappa shape index (κ2) is 4.75. The van der Waals surface area contributed by atoms with Gasteiger partial charge in [0.15, 0.2) is 0 Å². The molecule has 98 valence electrons. The van der Waals surface area contributed by atoms with Crippen molar-refractivity contribution in [2.24, 2.45) is 5.73 Å². The molecule has 0 amide bonds. The molecule has 0 radical (unpaired) electrons. The quantitative estimate of drug-likeness (QED) is 0.839. The molecule has 0 spiro atoms. The molecule has 2 saturated heterocycles. The zero-order valence-corrected chi connectivity index (χ0v) is 11.8. The summed E-state index contributed by atoms with van der Waals surface area (Å²) < 4.78 is 0.606. The first kappa shape index (κ1) is 12.3. The number of fused-ring (bicyclic) bond motifs is 2. The molecule has 2 atom stereocenters. The second-order valence-electron chi connectivity index (χ2n) is 6.38. The van der Waals surface area contributed by atoms with E-state index in [-0.39, 0.29) is 0 Å². The van der Waals surface area contributed by atoms with E-state index in [4.69, 9.17) is 5.73 Å². The maximum atomic E-state index is 6.20. The van der Waals surface area contributed by atoms with Crippen LogP contribution in [-0.4, -0.2) is 40.6 Å². The largest absolute Gasteiger partial charge is 0.328 e. The Hall–Kier alpha value is 0.270. The maximum Gasteiger partial charge on any atom is 0.0284 e. The van der Waals surface area contributed by atoms with E-state index in [9.17, 15) is 0 Å². The van der Waals surface area contributed by atoms with Crippen molar-refractivity contribution in [1.82, 2.24) is 4.90 Å². The lowest BCUT2D eigenvalue weighted by molar-refractivity contribution is 0.0150. The van der Waals surface area contributed by atoms with Crippen molar-refractivity contribution in [3.8, 4) is 0 Å². The molecule has 3 heteroatoms. The fourth-order valence-corrected chi connectivity index (χ4v) is 5.08. The minimum absolute atomic E-state index is 0.480. The zero-order valence-electron chi connectivity index (χ0n) is 11.0. The van der Waals surface area contributed by atoms with E-state index in [1.165, 1.54) is 57.9 Å². The Morgan fingerprint density at radius 2 is 1.82 bits per heavy atom. The fraction of sp³-hybridized carbons (Fsp3) is 1.00. The number of nitrogens with two attached hydrogens (primary N) is 1. The summed E-state index contributed by atoms with van der Waals surface area (Å²) in [5, 5.41) is 0. The summed E-state index contributed by atoms with van der Waals surface area (Å²) in [6.45, 7) is 1.34. The average Bonchev–Trinajstić information content (AvgIpc) is 2.24. The van der Waals surface area contributed by atoms with E-state index >= 15 is 0 Å². The van der Waals surface area contributed by atoms with Crippen molar-refractivity contribution >= 4 is 11.8 Å². The smallest absolute Gasteiger partial charge is 0.0284 e. The monoisotopic (exact) mass is 254 g/mol. The summed E-state index contributed by atoms with van der Waals surface area (Å²) in [4.78, 5) is 2.85. The van der Waals surface area contributed by atoms with E-state index in [0.717, 1.165) is 12.1 Å². The van der Waals surface area contributed by atoms with Crippen LogP contribution in [0.4, 0.5) is 0 Å². The van der Waals surface area contributed by atoms with Gasteiger partial charge in [-0.15, -0.1) is 0 Å². The van der Waals surface area contributed by atoms with Crippen LogP contribution in [0.3, 0.4) is 0 Å². The Bertz CT molecular complexity index is 258. The van der Waals surface area contributed by atoms with Crippen molar-refractivity contribution < 1.29 is 0 Å². The highest BCUT2D eigenvalue weighted by atomic mass is 32.2. The Morgan fingerprint density at radius 3 is 2.29 bits per heavy atom. The van der Waals surface area contributed by atoms with Crippen molar-refractivity contribution in [2.75, 3.05) is 12.8 Å². The summed E-state index contributed by atoms with van der Waals surface area (Å²) in [6.07, 6.45) is 13.4. The van der Waals surface area contributed by atoms with Gasteiger partial charge in [0.25, 0.3) is 0 Å². The third-order valence-electron chi connectivity index (χ3n) is 5.33. The number of nitrogens with zero attached hydrogens (tertiary/aromatic N) is 1. The predicted molar refractivity (Wildman–Crippen MR) is 75.4 cm³/mol. The highest BCUT2D eigenvalue weighted by Crippen LogP contribution is 2.46. The molecule has 3 aliphatic rings. The molecule has 0 aromatic carbocycles. The van der Waals surface area contributed by atoms with Crippen LogP contribution in [0.15, 0.2) is 0 Å². The van der Waals surface area contributed by atoms with Gasteiger partial charge in [-0.2, -0.15) is 11.8 Å². The minimum Gasteiger partial charge on any atom is -0.328 e. The molecular weight excluding hydrogens is 228 g/mol. The van der Waals surface area contributed by atoms with Gasteiger partial charge in [0, 0.05) is 29.4 Å². The first-order chi connectivity index (χ1) is 8.22. The Morgan fingerprint density at radius 1 is 1.18 bits per heavy atom. The van der Waals surface area contributed by atoms with Crippen LogP contribution in [0, 0.1) is 0 Å². The van der Waals surface area contributed by atoms with E-state index in [1.807, 2.05) is 0 Å². The van der Waals surface area contributed by atoms with Gasteiger partial charge in [0.05, 0.1) is 0 Å². The van der Waals surface area contributed by atoms with E-state index in [1.54, 1.807) is 0 Å². The van der Waals surface area contributed by atoms with Gasteiger partial charge in [0.1, 0.15) is 0 Å². The van der Waals surface area contributed by atoms with Crippen molar-refractivity contribution in [1.29, 1.82) is 0 Å². The summed E-state index contributed by atoms with van der Waals surface area (Å²) in [6, 6.07) is 2.09. The van der Waals surface area contributed by atoms with Gasteiger partial charge in [0.2, 0.25) is 0 Å². The van der Waals surface area contributed by atoms with E-state index in [2.05, 4.69) is 22.9 Å². The number of piperidine rings is 2. The molecule has 3 rings (SSSR count). The molecule has 1 aliphatic carbocycles. The minimum atomic E-state index is 0.480. The second-order valence-corrected chi connectivity index (χ2v) is 7.66. The Balaban J connectivity index is 1.69. The van der Waals surface area contributed by atoms with Crippen molar-refractivity contribution in [3.05, 3.63) is 0 Å². The molecule has 2 aliphatic heterocycles. The Kier molecular flexibility index (Phi) is 3.44. The first-order valence-corrected chi connectivity index (χ1v) is 8.51. The van der Waals surface area contributed by atoms with Crippen LogP contribution in [0.1, 0.15) is 51.4 Å². The molecule has 3 fully saturated rings. The third-order valence-corrected chi connectivity index (χ3v) is 6.73. The van der Waals surface area contributed by atoms with Crippen molar-refractivity contribution in [3.63, 3.8) is 0 Å². The average molecular weight is 254 g/mol. The van der Waals surface area contributed by atoms with Crippen LogP contribution < -0.4 is 5.73 Å². The van der Waals surface area contributed by atoms with Crippen LogP contribution >= 0.6 is 11.8 Å². The standard InChI is InChI=1S/C14H26N2S/c1-17-14(6-3-7-14)10-16-12-4-2-5-13(16)9-11(15)8-12/h11-13H,2-10,15H2,1H3. The summed E-state index contributed by atoms with van der Waals surface area (Å²) in [5.74, 6) is 0. The van der Waals surface area contributed by atoms with E-state index < -0.39 is 0 Å². The lowest BCUT2D eigenvalue weighted by Gasteiger charge is -2.53. The van der Waals surface area contributed by atoms with Crippen molar-refractivity contribution in [2.45, 2.75) is 74.2 Å². The van der Waals surface area contributed by atoms with Crippen LogP contribution in [0.25, 0.3) is 0 Å². The number of hydrogen-bond donors (Lipinski definition) is 1. The number of rotatable bonds is 3. The lowest BCUT2D eigenvalue weighted by Crippen LogP contribution is -2.59. The van der Waals surface area contributed by atoms with Gasteiger partial charge in [-0.25, -0.2) is 0 Å². The highest BCUT2D eigenvalue weighted by molar-refractivity contribution is 8.00. The summed E-state index contributed by atoms with van der Waals surface area (Å²) in [5.41, 5.74) is 6.20. The van der Waals surface area contributed by atoms with Gasteiger partial charge in [-0.05, 0) is 44.8 Å². The molecule has 2 bridgehead atoms. The van der Waals surface area contributed by atoms with Crippen LogP contribution in [0.2, 0.25) is 0 Å². The summed E-state index contributed by atoms with van der Waals surface area (Å²) >= 11 is 2.12. The third kappa shape index (κ3) is 2.26. The predicted octanol–water partition coefficient (Wildman–Crippen LogP) is 2.62. The Labute approximate surface area is 110 Å². The van der Waals surface area contributed by atoms with Gasteiger partial charge >= 0.3 is 0 Å². The molecule has 2 nitrogen and oxygen atoms in total. The molecule has 17 heavy (non-hydrogen) atoms. The number of hydrogen-bond acceptors (Lipinski definition) is 3. The molecule has 2 heterocycles. The molecule has 2 unspecified atom stereocenters. The molecule has 0 aromatic rings. The molecular formula is C14H26N2S. The first-order valence-electron chi connectivity index (χ1n) is 7.29. The zero-order chi connectivity index (χ0) is 11.9. The normalized spacial score (nSPS) is 40.9. The number of thioether (sulfide) groups is 1. The fourth-order valence-electron chi connectivity index (χ4n) is 4.11. The molecule has 0 aromatic heterocycles. The van der Waals surface area contributed by atoms with Gasteiger partial charge in [-0.3, -0.25) is 4.90 Å². The van der Waals surface area contributed by atoms with Crippen LogP contribution in [0.5, 0.6) is 0 Å². The topological polar surface area (TPSA) is 29.3 Å². The molecule has 1 saturated carbocycles. The van der Waals surface area contributed by atoms with Gasteiger partial charge in [-0.1, -0.05) is 12.8 Å². The van der Waals surface area contributed by atoms with Gasteiger partial charge < -0.3 is 5.73 Å². The SMILES string of the molecule is CSC1(CN2C3CCCC2CC(N)C3)CCC1. The summed E-state index contributed by atoms with van der Waals surface area (Å²) in [7, 11) is 0. The maximum absolute atomic E-state index is 6.20. The lowest BCUT2D eigenvalue weighted by atomic mass is 9.78. The highest BCUT2D eigenvalue weighted by Gasteiger charge is 2.44.